The Kier molecular flexibility index (Phi) is 6.67. The molecule has 7 heteroatoms. The van der Waals surface area contributed by atoms with E-state index in [-0.39, 0.29) is 24.8 Å². The van der Waals surface area contributed by atoms with Crippen LogP contribution in [0.4, 0.5) is 11.4 Å². The van der Waals surface area contributed by atoms with Crippen LogP contribution in [0.5, 0.6) is 0 Å². The van der Waals surface area contributed by atoms with Crippen LogP contribution in [-0.4, -0.2) is 31.4 Å². The molecule has 7 nitrogen and oxygen atoms in total. The molecule has 0 saturated carbocycles. The molecule has 1 N–H and O–H groups in total. The van der Waals surface area contributed by atoms with Crippen LogP contribution in [0.2, 0.25) is 0 Å². The van der Waals surface area contributed by atoms with Crippen molar-refractivity contribution in [3.63, 3.8) is 0 Å². The highest BCUT2D eigenvalue weighted by Gasteiger charge is 2.14. The minimum atomic E-state index is -0.454. The highest BCUT2D eigenvalue weighted by Crippen LogP contribution is 2.17. The Morgan fingerprint density at radius 3 is 2.44 bits per heavy atom. The number of esters is 1. The zero-order valence-corrected chi connectivity index (χ0v) is 15.1. The van der Waals surface area contributed by atoms with Gasteiger partial charge in [-0.3, -0.25) is 9.59 Å². The Bertz CT molecular complexity index is 885. The number of amides is 2. The number of nitrogens with zero attached hydrogens (tertiary/aromatic N) is 2. The number of benzene rings is 2. The number of carbonyl (C=O) groups excluding carboxylic acids is 3. The molecule has 0 heterocycles. The molecule has 2 rings (SSSR count). The molecule has 0 atom stereocenters. The van der Waals surface area contributed by atoms with Gasteiger partial charge in [0.1, 0.15) is 0 Å². The molecular weight excluding hydrogens is 346 g/mol. The summed E-state index contributed by atoms with van der Waals surface area (Å²) in [6, 6.07) is 15.0. The molecular formula is C20H19N3O4. The second-order valence-corrected chi connectivity index (χ2v) is 5.70. The molecule has 0 aromatic heterocycles. The highest BCUT2D eigenvalue weighted by molar-refractivity contribution is 5.95. The van der Waals surface area contributed by atoms with Gasteiger partial charge in [0.05, 0.1) is 24.3 Å². The van der Waals surface area contributed by atoms with Crippen LogP contribution in [0, 0.1) is 11.3 Å². The van der Waals surface area contributed by atoms with E-state index < -0.39 is 5.97 Å². The monoisotopic (exact) mass is 365 g/mol. The summed E-state index contributed by atoms with van der Waals surface area (Å²) in [5.74, 6) is -0.951. The molecule has 0 unspecified atom stereocenters. The van der Waals surface area contributed by atoms with Crippen molar-refractivity contribution < 1.29 is 19.1 Å². The molecule has 138 valence electrons. The molecule has 0 aliphatic heterocycles. The summed E-state index contributed by atoms with van der Waals surface area (Å²) in [4.78, 5) is 36.9. The number of nitriles is 1. The summed E-state index contributed by atoms with van der Waals surface area (Å²) in [6.07, 6.45) is 0.0785. The van der Waals surface area contributed by atoms with Gasteiger partial charge in [-0.2, -0.15) is 5.26 Å². The van der Waals surface area contributed by atoms with Crippen LogP contribution >= 0.6 is 0 Å². The van der Waals surface area contributed by atoms with Gasteiger partial charge in [-0.25, -0.2) is 4.79 Å². The number of rotatable bonds is 6. The Hall–Kier alpha value is -3.66. The van der Waals surface area contributed by atoms with Gasteiger partial charge in [0, 0.05) is 31.3 Å². The first-order valence-electron chi connectivity index (χ1n) is 8.21. The number of methoxy groups -OCH3 is 1. The molecule has 2 amide bonds. The molecule has 0 aliphatic carbocycles. The van der Waals surface area contributed by atoms with E-state index in [0.29, 0.717) is 22.5 Å². The quantitative estimate of drug-likeness (QED) is 0.794. The molecule has 0 spiro atoms. The van der Waals surface area contributed by atoms with Gasteiger partial charge in [0.2, 0.25) is 11.8 Å². The summed E-state index contributed by atoms with van der Waals surface area (Å²) in [5, 5.41) is 11.7. The first kappa shape index (κ1) is 19.7. The number of nitrogens with one attached hydrogen (secondary N) is 1. The average molecular weight is 365 g/mol. The van der Waals surface area contributed by atoms with E-state index in [4.69, 9.17) is 5.26 Å². The van der Waals surface area contributed by atoms with Crippen molar-refractivity contribution in [2.75, 3.05) is 23.9 Å². The molecule has 0 bridgehead atoms. The molecule has 0 aliphatic rings. The number of hydrogen-bond donors (Lipinski definition) is 1. The standard InChI is InChI=1S/C20H19N3O4/c1-14(24)23(18-5-3-4-15(12-18)13-21)11-10-19(25)22-17-8-6-16(7-9-17)20(26)27-2/h3-9,12H,10-11H2,1-2H3,(H,22,25). The molecule has 2 aromatic carbocycles. The summed E-state index contributed by atoms with van der Waals surface area (Å²) >= 11 is 0. The first-order chi connectivity index (χ1) is 12.9. The molecule has 0 radical (unpaired) electrons. The number of anilines is 2. The van der Waals surface area contributed by atoms with E-state index in [1.165, 1.54) is 18.9 Å². The van der Waals surface area contributed by atoms with Crippen molar-refractivity contribution >= 4 is 29.2 Å². The van der Waals surface area contributed by atoms with Crippen molar-refractivity contribution in [2.24, 2.45) is 0 Å². The van der Waals surface area contributed by atoms with E-state index in [2.05, 4.69) is 10.1 Å². The average Bonchev–Trinajstić information content (AvgIpc) is 2.68. The van der Waals surface area contributed by atoms with E-state index in [0.717, 1.165) is 0 Å². The van der Waals surface area contributed by atoms with Crippen molar-refractivity contribution in [3.05, 3.63) is 59.7 Å². The lowest BCUT2D eigenvalue weighted by Crippen LogP contribution is -2.32. The van der Waals surface area contributed by atoms with Crippen LogP contribution < -0.4 is 10.2 Å². The lowest BCUT2D eigenvalue weighted by atomic mass is 10.2. The van der Waals surface area contributed by atoms with Crippen molar-refractivity contribution in [1.29, 1.82) is 5.26 Å². The molecule has 0 saturated heterocycles. The smallest absolute Gasteiger partial charge is 0.337 e. The van der Waals surface area contributed by atoms with Crippen LogP contribution in [0.25, 0.3) is 0 Å². The summed E-state index contributed by atoms with van der Waals surface area (Å²) in [6.45, 7) is 1.58. The second-order valence-electron chi connectivity index (χ2n) is 5.70. The van der Waals surface area contributed by atoms with Crippen molar-refractivity contribution in [1.82, 2.24) is 0 Å². The number of carbonyl (C=O) groups is 3. The van der Waals surface area contributed by atoms with Gasteiger partial charge in [-0.05, 0) is 42.5 Å². The van der Waals surface area contributed by atoms with Gasteiger partial charge in [-0.1, -0.05) is 6.07 Å². The van der Waals surface area contributed by atoms with Gasteiger partial charge in [0.15, 0.2) is 0 Å². The van der Waals surface area contributed by atoms with E-state index >= 15 is 0 Å². The molecule has 0 fully saturated rings. The fourth-order valence-corrected chi connectivity index (χ4v) is 2.46. The fourth-order valence-electron chi connectivity index (χ4n) is 2.46. The van der Waals surface area contributed by atoms with Crippen LogP contribution in [0.15, 0.2) is 48.5 Å². The van der Waals surface area contributed by atoms with Gasteiger partial charge < -0.3 is 15.0 Å². The van der Waals surface area contributed by atoms with E-state index in [1.54, 1.807) is 48.5 Å². The fraction of sp³-hybridized carbons (Fsp3) is 0.200. The zero-order valence-electron chi connectivity index (χ0n) is 15.1. The second kappa shape index (κ2) is 9.15. The number of ether oxygens (including phenoxy) is 1. The zero-order chi connectivity index (χ0) is 19.8. The van der Waals surface area contributed by atoms with Crippen LogP contribution in [0.3, 0.4) is 0 Å². The van der Waals surface area contributed by atoms with E-state index in [1.807, 2.05) is 6.07 Å². The van der Waals surface area contributed by atoms with Crippen LogP contribution in [0.1, 0.15) is 29.3 Å². The predicted molar refractivity (Wildman–Crippen MR) is 100 cm³/mol. The molecule has 2 aromatic rings. The molecule has 27 heavy (non-hydrogen) atoms. The van der Waals surface area contributed by atoms with E-state index in [9.17, 15) is 14.4 Å². The SMILES string of the molecule is COC(=O)c1ccc(NC(=O)CCN(C(C)=O)c2cccc(C#N)c2)cc1. The van der Waals surface area contributed by atoms with Crippen molar-refractivity contribution in [3.8, 4) is 6.07 Å². The minimum Gasteiger partial charge on any atom is -0.465 e. The maximum atomic E-state index is 12.2. The number of hydrogen-bond acceptors (Lipinski definition) is 5. The third-order valence-electron chi connectivity index (χ3n) is 3.82. The normalized spacial score (nSPS) is 9.81. The topological polar surface area (TPSA) is 99.5 Å². The van der Waals surface area contributed by atoms with Gasteiger partial charge >= 0.3 is 5.97 Å². The lowest BCUT2D eigenvalue weighted by molar-refractivity contribution is -0.117. The summed E-state index contributed by atoms with van der Waals surface area (Å²) < 4.78 is 4.62. The first-order valence-corrected chi connectivity index (χ1v) is 8.21. The van der Waals surface area contributed by atoms with Crippen molar-refractivity contribution in [2.45, 2.75) is 13.3 Å². The maximum Gasteiger partial charge on any atom is 0.337 e. The predicted octanol–water partition coefficient (Wildman–Crippen LogP) is 2.73. The Labute approximate surface area is 157 Å². The lowest BCUT2D eigenvalue weighted by Gasteiger charge is -2.21. The summed E-state index contributed by atoms with van der Waals surface area (Å²) in [7, 11) is 1.30. The highest BCUT2D eigenvalue weighted by atomic mass is 16.5. The largest absolute Gasteiger partial charge is 0.465 e. The van der Waals surface area contributed by atoms with Gasteiger partial charge in [0.25, 0.3) is 0 Å². The van der Waals surface area contributed by atoms with Gasteiger partial charge in [-0.15, -0.1) is 0 Å². The van der Waals surface area contributed by atoms with Crippen LogP contribution in [-0.2, 0) is 14.3 Å². The Morgan fingerprint density at radius 1 is 1.15 bits per heavy atom. The Balaban J connectivity index is 1.99. The Morgan fingerprint density at radius 2 is 1.85 bits per heavy atom. The maximum absolute atomic E-state index is 12.2. The minimum absolute atomic E-state index is 0.0785. The third kappa shape index (κ3) is 5.41. The third-order valence-corrected chi connectivity index (χ3v) is 3.82. The summed E-state index contributed by atoms with van der Waals surface area (Å²) in [5.41, 5.74) is 1.93.